The highest BCUT2D eigenvalue weighted by Crippen LogP contribution is 2.28. The van der Waals surface area contributed by atoms with Gasteiger partial charge in [0, 0.05) is 5.56 Å². The van der Waals surface area contributed by atoms with Crippen molar-refractivity contribution in [1.29, 1.82) is 0 Å². The summed E-state index contributed by atoms with van der Waals surface area (Å²) in [4.78, 5) is 10.7. The molecule has 0 spiro atoms. The molecule has 0 atom stereocenters. The summed E-state index contributed by atoms with van der Waals surface area (Å²) < 4.78 is 5.76. The zero-order chi connectivity index (χ0) is 18.4. The molecule has 0 aliphatic rings. The molecule has 0 N–H and O–H groups in total. The van der Waals surface area contributed by atoms with E-state index in [1.54, 1.807) is 12.1 Å². The van der Waals surface area contributed by atoms with Crippen molar-refractivity contribution in [2.24, 2.45) is 0 Å². The predicted octanol–water partition coefficient (Wildman–Crippen LogP) is 5.79. The van der Waals surface area contributed by atoms with E-state index in [4.69, 9.17) is 4.74 Å². The van der Waals surface area contributed by atoms with Gasteiger partial charge in [0.2, 0.25) is 0 Å². The van der Waals surface area contributed by atoms with Crippen molar-refractivity contribution in [2.45, 2.75) is 26.7 Å². The van der Waals surface area contributed by atoms with Crippen LogP contribution in [0.2, 0.25) is 0 Å². The fourth-order valence-electron chi connectivity index (χ4n) is 3.26. The van der Waals surface area contributed by atoms with Crippen LogP contribution in [0.25, 0.3) is 11.1 Å². The number of aldehydes is 1. The van der Waals surface area contributed by atoms with E-state index in [-0.39, 0.29) is 0 Å². The number of benzene rings is 3. The van der Waals surface area contributed by atoms with E-state index in [2.05, 4.69) is 56.3 Å². The van der Waals surface area contributed by atoms with Crippen molar-refractivity contribution < 1.29 is 9.53 Å². The van der Waals surface area contributed by atoms with Crippen molar-refractivity contribution in [3.63, 3.8) is 0 Å². The van der Waals surface area contributed by atoms with E-state index in [9.17, 15) is 4.79 Å². The Labute approximate surface area is 155 Å². The zero-order valence-corrected chi connectivity index (χ0v) is 15.4. The molecule has 0 amide bonds. The molecule has 0 aromatic heterocycles. The second-order valence-corrected chi connectivity index (χ2v) is 6.61. The molecule has 0 radical (unpaired) electrons. The van der Waals surface area contributed by atoms with Gasteiger partial charge in [0.15, 0.2) is 0 Å². The monoisotopic (exact) mass is 344 g/mol. The maximum absolute atomic E-state index is 10.7. The lowest BCUT2D eigenvalue weighted by Crippen LogP contribution is -2.00. The Morgan fingerprint density at radius 2 is 1.58 bits per heavy atom. The van der Waals surface area contributed by atoms with Gasteiger partial charge in [-0.1, -0.05) is 42.5 Å². The van der Waals surface area contributed by atoms with Gasteiger partial charge in [0.25, 0.3) is 0 Å². The summed E-state index contributed by atoms with van der Waals surface area (Å²) in [5.74, 6) is 0.805. The number of carbonyl (C=O) groups is 1. The number of aryl methyl sites for hydroxylation is 3. The van der Waals surface area contributed by atoms with E-state index in [1.165, 1.54) is 27.8 Å². The molecule has 2 nitrogen and oxygen atoms in total. The highest BCUT2D eigenvalue weighted by Gasteiger charge is 2.06. The highest BCUT2D eigenvalue weighted by atomic mass is 16.5. The molecular formula is C24H24O2. The van der Waals surface area contributed by atoms with Gasteiger partial charge in [-0.3, -0.25) is 4.79 Å². The van der Waals surface area contributed by atoms with Crippen molar-refractivity contribution in [3.05, 3.63) is 89.0 Å². The largest absolute Gasteiger partial charge is 0.494 e. The van der Waals surface area contributed by atoms with Crippen LogP contribution in [0.3, 0.4) is 0 Å². The zero-order valence-electron chi connectivity index (χ0n) is 15.4. The highest BCUT2D eigenvalue weighted by molar-refractivity contribution is 5.74. The van der Waals surface area contributed by atoms with Crippen LogP contribution >= 0.6 is 0 Å². The van der Waals surface area contributed by atoms with E-state index < -0.39 is 0 Å². The van der Waals surface area contributed by atoms with E-state index >= 15 is 0 Å². The Hall–Kier alpha value is -2.87. The number of hydrogen-bond acceptors (Lipinski definition) is 2. The second-order valence-electron chi connectivity index (χ2n) is 6.61. The smallest absolute Gasteiger partial charge is 0.150 e. The summed E-state index contributed by atoms with van der Waals surface area (Å²) >= 11 is 0. The Morgan fingerprint density at radius 1 is 0.885 bits per heavy atom. The summed E-state index contributed by atoms with van der Waals surface area (Å²) in [5.41, 5.74) is 7.23. The van der Waals surface area contributed by atoms with Gasteiger partial charge in [0.05, 0.1) is 6.61 Å². The van der Waals surface area contributed by atoms with Gasteiger partial charge in [-0.2, -0.15) is 0 Å². The van der Waals surface area contributed by atoms with Crippen LogP contribution in [0, 0.1) is 13.8 Å². The van der Waals surface area contributed by atoms with Crippen LogP contribution in [-0.4, -0.2) is 12.9 Å². The topological polar surface area (TPSA) is 26.3 Å². The van der Waals surface area contributed by atoms with Crippen LogP contribution in [-0.2, 0) is 6.42 Å². The summed E-state index contributed by atoms with van der Waals surface area (Å²) in [5, 5.41) is 0. The van der Waals surface area contributed by atoms with E-state index in [1.807, 2.05) is 12.1 Å². The fraction of sp³-hybridized carbons (Fsp3) is 0.208. The molecule has 3 rings (SSSR count). The van der Waals surface area contributed by atoms with Crippen molar-refractivity contribution >= 4 is 6.29 Å². The third-order valence-electron chi connectivity index (χ3n) is 4.59. The lowest BCUT2D eigenvalue weighted by Gasteiger charge is -2.12. The number of rotatable bonds is 7. The van der Waals surface area contributed by atoms with Crippen LogP contribution in [0.5, 0.6) is 5.75 Å². The fourth-order valence-corrected chi connectivity index (χ4v) is 3.26. The molecule has 3 aromatic rings. The average Bonchev–Trinajstić information content (AvgIpc) is 2.66. The van der Waals surface area contributed by atoms with Crippen LogP contribution in [0.15, 0.2) is 66.7 Å². The van der Waals surface area contributed by atoms with Gasteiger partial charge < -0.3 is 4.74 Å². The molecular weight excluding hydrogens is 320 g/mol. The summed E-state index contributed by atoms with van der Waals surface area (Å²) in [6.45, 7) is 4.99. The summed E-state index contributed by atoms with van der Waals surface area (Å²) in [6, 6.07) is 22.4. The van der Waals surface area contributed by atoms with Crippen LogP contribution in [0.4, 0.5) is 0 Å². The molecule has 0 unspecified atom stereocenters. The minimum absolute atomic E-state index is 0.661. The Kier molecular flexibility index (Phi) is 5.85. The van der Waals surface area contributed by atoms with Crippen molar-refractivity contribution in [3.8, 4) is 16.9 Å². The molecule has 3 aromatic carbocycles. The Morgan fingerprint density at radius 3 is 2.27 bits per heavy atom. The molecule has 132 valence electrons. The number of hydrogen-bond donors (Lipinski definition) is 0. The van der Waals surface area contributed by atoms with Crippen molar-refractivity contribution in [1.82, 2.24) is 0 Å². The molecule has 0 aliphatic heterocycles. The first-order chi connectivity index (χ1) is 12.7. The third kappa shape index (κ3) is 4.40. The molecule has 2 heteroatoms. The minimum atomic E-state index is 0.661. The maximum Gasteiger partial charge on any atom is 0.150 e. The molecule has 0 saturated carbocycles. The van der Waals surface area contributed by atoms with Gasteiger partial charge in [-0.15, -0.1) is 0 Å². The standard InChI is InChI=1S/C24H24O2/c1-18-6-3-7-19(2)24(18)22-10-4-8-20(16-22)9-5-15-26-23-13-11-21(17-25)12-14-23/h3-4,6-8,10-14,16-17H,5,9,15H2,1-2H3. The van der Waals surface area contributed by atoms with Crippen LogP contribution in [0.1, 0.15) is 33.5 Å². The quantitative estimate of drug-likeness (QED) is 0.400. The van der Waals surface area contributed by atoms with E-state index in [0.29, 0.717) is 12.2 Å². The molecule has 0 bridgehead atoms. The third-order valence-corrected chi connectivity index (χ3v) is 4.59. The second kappa shape index (κ2) is 8.48. The lowest BCUT2D eigenvalue weighted by molar-refractivity contribution is 0.112. The van der Waals surface area contributed by atoms with Gasteiger partial charge in [-0.25, -0.2) is 0 Å². The normalized spacial score (nSPS) is 10.5. The van der Waals surface area contributed by atoms with Crippen LogP contribution < -0.4 is 4.74 Å². The maximum atomic E-state index is 10.7. The Bertz CT molecular complexity index is 859. The van der Waals surface area contributed by atoms with Gasteiger partial charge in [-0.05, 0) is 78.8 Å². The average molecular weight is 344 g/mol. The lowest BCUT2D eigenvalue weighted by atomic mass is 9.94. The SMILES string of the molecule is Cc1cccc(C)c1-c1cccc(CCCOc2ccc(C=O)cc2)c1. The van der Waals surface area contributed by atoms with E-state index in [0.717, 1.165) is 24.9 Å². The molecule has 0 aliphatic carbocycles. The molecule has 0 saturated heterocycles. The predicted molar refractivity (Wildman–Crippen MR) is 107 cm³/mol. The number of carbonyl (C=O) groups excluding carboxylic acids is 1. The number of ether oxygens (including phenoxy) is 1. The summed E-state index contributed by atoms with van der Waals surface area (Å²) in [7, 11) is 0. The van der Waals surface area contributed by atoms with Gasteiger partial charge >= 0.3 is 0 Å². The molecule has 26 heavy (non-hydrogen) atoms. The first kappa shape index (κ1) is 17.9. The minimum Gasteiger partial charge on any atom is -0.494 e. The first-order valence-electron chi connectivity index (χ1n) is 9.01. The first-order valence-corrected chi connectivity index (χ1v) is 9.01. The Balaban J connectivity index is 1.59. The molecule has 0 heterocycles. The molecule has 0 fully saturated rings. The van der Waals surface area contributed by atoms with Gasteiger partial charge in [0.1, 0.15) is 12.0 Å². The van der Waals surface area contributed by atoms with Crippen molar-refractivity contribution in [2.75, 3.05) is 6.61 Å². The summed E-state index contributed by atoms with van der Waals surface area (Å²) in [6.07, 6.45) is 2.77.